The summed E-state index contributed by atoms with van der Waals surface area (Å²) >= 11 is 0. The lowest BCUT2D eigenvalue weighted by atomic mass is 10.2. The molecule has 0 bridgehead atoms. The van der Waals surface area contributed by atoms with Crippen molar-refractivity contribution in [3.63, 3.8) is 0 Å². The normalized spacial score (nSPS) is 24.6. The predicted octanol–water partition coefficient (Wildman–Crippen LogP) is -1.50. The van der Waals surface area contributed by atoms with Crippen LogP contribution in [-0.2, 0) is 33.3 Å². The summed E-state index contributed by atoms with van der Waals surface area (Å²) in [5.74, 6) is -2.59. The highest BCUT2D eigenvalue weighted by atomic mass is 31.2. The second kappa shape index (κ2) is 7.49. The van der Waals surface area contributed by atoms with Gasteiger partial charge in [-0.05, 0) is 6.08 Å². The van der Waals surface area contributed by atoms with Gasteiger partial charge in [0.2, 0.25) is 5.91 Å². The molecule has 148 valence electrons. The van der Waals surface area contributed by atoms with Crippen molar-refractivity contribution in [3.8, 4) is 0 Å². The molecule has 3 aliphatic rings. The standard InChI is InChI=1S/C14H18N3O9P/c18-10-2-1-9-14(25-9)16(10)8-7-15(27(22,23)24)6-5-13(21)26-17-11(19)3-4-12(17)20/h1-2,9,14H,3-8H2,(H2,22,23,24). The highest BCUT2D eigenvalue weighted by Crippen LogP contribution is 2.40. The van der Waals surface area contributed by atoms with Crippen molar-refractivity contribution >= 4 is 31.4 Å². The Balaban J connectivity index is 1.51. The molecule has 3 rings (SSSR count). The number of hydrogen-bond donors (Lipinski definition) is 2. The van der Waals surface area contributed by atoms with Crippen LogP contribution in [-0.4, -0.2) is 80.1 Å². The van der Waals surface area contributed by atoms with E-state index < -0.39 is 38.2 Å². The van der Waals surface area contributed by atoms with Crippen LogP contribution in [0.15, 0.2) is 12.2 Å². The molecule has 27 heavy (non-hydrogen) atoms. The lowest BCUT2D eigenvalue weighted by Gasteiger charge is -2.27. The Morgan fingerprint density at radius 2 is 1.93 bits per heavy atom. The molecule has 2 N–H and O–H groups in total. The van der Waals surface area contributed by atoms with Crippen molar-refractivity contribution in [2.24, 2.45) is 0 Å². The van der Waals surface area contributed by atoms with Gasteiger partial charge in [0.1, 0.15) is 6.10 Å². The number of carbonyl (C=O) groups excluding carboxylic acids is 4. The number of nitrogens with zero attached hydrogens (tertiary/aromatic N) is 3. The van der Waals surface area contributed by atoms with E-state index in [1.54, 1.807) is 6.08 Å². The minimum Gasteiger partial charge on any atom is -0.343 e. The van der Waals surface area contributed by atoms with Gasteiger partial charge in [-0.3, -0.25) is 14.4 Å². The Kier molecular flexibility index (Phi) is 5.45. The molecule has 2 unspecified atom stereocenters. The van der Waals surface area contributed by atoms with Gasteiger partial charge < -0.3 is 24.3 Å². The summed E-state index contributed by atoms with van der Waals surface area (Å²) in [6.45, 7) is -0.592. The SMILES string of the molecule is O=C(CCN(CCN1C(=O)C=CC2OC21)P(=O)(O)O)ON1C(=O)CCC1=O. The molecule has 13 heteroatoms. The Hall–Kier alpha value is -2.11. The van der Waals surface area contributed by atoms with Crippen LogP contribution in [0.3, 0.4) is 0 Å². The van der Waals surface area contributed by atoms with E-state index in [-0.39, 0.29) is 44.5 Å². The number of amides is 3. The molecule has 0 saturated carbocycles. The highest BCUT2D eigenvalue weighted by molar-refractivity contribution is 7.49. The predicted molar refractivity (Wildman–Crippen MR) is 84.9 cm³/mol. The van der Waals surface area contributed by atoms with E-state index in [0.717, 1.165) is 4.67 Å². The smallest absolute Gasteiger partial charge is 0.343 e. The van der Waals surface area contributed by atoms with Crippen LogP contribution in [0.5, 0.6) is 0 Å². The molecule has 3 heterocycles. The van der Waals surface area contributed by atoms with Crippen molar-refractivity contribution in [3.05, 3.63) is 12.2 Å². The van der Waals surface area contributed by atoms with Crippen molar-refractivity contribution in [1.29, 1.82) is 0 Å². The number of fused-ring (bicyclic) bond motifs is 1. The van der Waals surface area contributed by atoms with Gasteiger partial charge >= 0.3 is 13.7 Å². The topological polar surface area (TPSA) is 157 Å². The molecule has 3 aliphatic heterocycles. The number of hydroxylamine groups is 2. The number of rotatable bonds is 8. The van der Waals surface area contributed by atoms with Gasteiger partial charge in [0, 0.05) is 38.6 Å². The zero-order valence-corrected chi connectivity index (χ0v) is 15.0. The quantitative estimate of drug-likeness (QED) is 0.278. The molecule has 0 aromatic rings. The minimum absolute atomic E-state index is 0.00635. The van der Waals surface area contributed by atoms with Gasteiger partial charge in [-0.25, -0.2) is 14.0 Å². The monoisotopic (exact) mass is 403 g/mol. The Labute approximate surface area is 153 Å². The molecule has 12 nitrogen and oxygen atoms in total. The van der Waals surface area contributed by atoms with Gasteiger partial charge in [-0.15, -0.1) is 5.06 Å². The zero-order chi connectivity index (χ0) is 19.8. The summed E-state index contributed by atoms with van der Waals surface area (Å²) in [6, 6.07) is 0. The minimum atomic E-state index is -4.70. The summed E-state index contributed by atoms with van der Waals surface area (Å²) in [7, 11) is -4.70. The third kappa shape index (κ3) is 4.60. The molecule has 2 fully saturated rings. The largest absolute Gasteiger partial charge is 0.403 e. The molecule has 0 aromatic heterocycles. The highest BCUT2D eigenvalue weighted by Gasteiger charge is 2.46. The number of ether oxygens (including phenoxy) is 1. The average Bonchev–Trinajstić information content (AvgIpc) is 3.31. The first kappa shape index (κ1) is 19.6. The van der Waals surface area contributed by atoms with Crippen LogP contribution in [0.1, 0.15) is 19.3 Å². The summed E-state index contributed by atoms with van der Waals surface area (Å²) in [5, 5.41) is 0.369. The number of carbonyl (C=O) groups is 4. The van der Waals surface area contributed by atoms with Crippen LogP contribution in [0.2, 0.25) is 0 Å². The van der Waals surface area contributed by atoms with Gasteiger partial charge in [-0.1, -0.05) is 0 Å². The molecule has 2 saturated heterocycles. The number of imide groups is 1. The maximum Gasteiger partial charge on any atom is 0.403 e. The van der Waals surface area contributed by atoms with E-state index in [9.17, 15) is 33.5 Å². The first-order valence-electron chi connectivity index (χ1n) is 8.18. The van der Waals surface area contributed by atoms with E-state index >= 15 is 0 Å². The fraction of sp³-hybridized carbons (Fsp3) is 0.571. The maximum absolute atomic E-state index is 11.8. The van der Waals surface area contributed by atoms with E-state index in [1.807, 2.05) is 0 Å². The Morgan fingerprint density at radius 3 is 2.56 bits per heavy atom. The molecule has 0 radical (unpaired) electrons. The lowest BCUT2D eigenvalue weighted by molar-refractivity contribution is -0.197. The summed E-state index contributed by atoms with van der Waals surface area (Å²) in [5.41, 5.74) is 0. The third-order valence-corrected chi connectivity index (χ3v) is 5.40. The van der Waals surface area contributed by atoms with E-state index in [4.69, 9.17) is 4.74 Å². The Bertz CT molecular complexity index is 732. The van der Waals surface area contributed by atoms with Crippen LogP contribution >= 0.6 is 7.75 Å². The maximum atomic E-state index is 11.8. The zero-order valence-electron chi connectivity index (χ0n) is 14.1. The van der Waals surface area contributed by atoms with Crippen molar-refractivity contribution < 1.29 is 43.1 Å². The molecular formula is C14H18N3O9P. The molecule has 0 aromatic carbocycles. The van der Waals surface area contributed by atoms with Gasteiger partial charge in [-0.2, -0.15) is 0 Å². The van der Waals surface area contributed by atoms with Crippen molar-refractivity contribution in [2.45, 2.75) is 31.6 Å². The Morgan fingerprint density at radius 1 is 1.26 bits per heavy atom. The molecular weight excluding hydrogens is 385 g/mol. The fourth-order valence-electron chi connectivity index (χ4n) is 2.76. The second-order valence-electron chi connectivity index (χ2n) is 6.14. The van der Waals surface area contributed by atoms with Crippen molar-refractivity contribution in [2.75, 3.05) is 19.6 Å². The van der Waals surface area contributed by atoms with E-state index in [1.165, 1.54) is 11.0 Å². The van der Waals surface area contributed by atoms with Gasteiger partial charge in [0.05, 0.1) is 6.42 Å². The van der Waals surface area contributed by atoms with Crippen molar-refractivity contribution in [1.82, 2.24) is 14.6 Å². The number of hydrogen-bond acceptors (Lipinski definition) is 7. The molecule has 0 aliphatic carbocycles. The summed E-state index contributed by atoms with van der Waals surface area (Å²) in [6.07, 6.45) is 1.75. The van der Waals surface area contributed by atoms with Crippen LogP contribution in [0.4, 0.5) is 0 Å². The lowest BCUT2D eigenvalue weighted by Crippen LogP contribution is -2.41. The molecule has 3 amide bonds. The van der Waals surface area contributed by atoms with Gasteiger partial charge in [0.15, 0.2) is 6.23 Å². The first-order chi connectivity index (χ1) is 12.7. The van der Waals surface area contributed by atoms with E-state index in [0.29, 0.717) is 5.06 Å². The second-order valence-corrected chi connectivity index (χ2v) is 7.74. The third-order valence-electron chi connectivity index (χ3n) is 4.26. The van der Waals surface area contributed by atoms with Crippen LogP contribution < -0.4 is 0 Å². The van der Waals surface area contributed by atoms with E-state index in [2.05, 4.69) is 4.84 Å². The van der Waals surface area contributed by atoms with Crippen LogP contribution in [0.25, 0.3) is 0 Å². The van der Waals surface area contributed by atoms with Gasteiger partial charge in [0.25, 0.3) is 11.8 Å². The molecule has 2 atom stereocenters. The van der Waals surface area contributed by atoms with Crippen LogP contribution in [0, 0.1) is 0 Å². The summed E-state index contributed by atoms with van der Waals surface area (Å²) < 4.78 is 17.6. The summed E-state index contributed by atoms with van der Waals surface area (Å²) in [4.78, 5) is 71.3. The molecule has 0 spiro atoms. The number of epoxide rings is 1. The first-order valence-corrected chi connectivity index (χ1v) is 9.75. The average molecular weight is 403 g/mol. The fourth-order valence-corrected chi connectivity index (χ4v) is 3.47.